The Hall–Kier alpha value is -2.48. The Morgan fingerprint density at radius 2 is 1.52 bits per heavy atom. The van der Waals surface area contributed by atoms with E-state index < -0.39 is 0 Å². The zero-order valence-corrected chi connectivity index (χ0v) is 17.4. The molecule has 0 amide bonds. The van der Waals surface area contributed by atoms with Gasteiger partial charge in [0.2, 0.25) is 0 Å². The predicted octanol–water partition coefficient (Wildman–Crippen LogP) is 3.50. The summed E-state index contributed by atoms with van der Waals surface area (Å²) in [5.41, 5.74) is 1.59. The quantitative estimate of drug-likeness (QED) is 0.602. The molecule has 3 fully saturated rings. The van der Waals surface area contributed by atoms with E-state index in [0.717, 1.165) is 75.0 Å². The summed E-state index contributed by atoms with van der Waals surface area (Å²) < 4.78 is 28.7. The Balaban J connectivity index is 0.000000120. The van der Waals surface area contributed by atoms with Gasteiger partial charge in [-0.1, -0.05) is 0 Å². The van der Waals surface area contributed by atoms with Gasteiger partial charge in [0.25, 0.3) is 0 Å². The second-order valence-electron chi connectivity index (χ2n) is 8.64. The van der Waals surface area contributed by atoms with Crippen molar-refractivity contribution in [3.63, 3.8) is 0 Å². The Kier molecular flexibility index (Phi) is 4.70. The van der Waals surface area contributed by atoms with Gasteiger partial charge in [0.15, 0.2) is 0 Å². The van der Waals surface area contributed by atoms with E-state index in [0.29, 0.717) is 0 Å². The standard InChI is InChI=1S/C12H13NO3.C12H13NO2/c1-2-8-9(13-5-1)10-11(15-10)12(16-8)3-6-14-7-4-12;1-2-11-10(13-7-1)3-4-12(15-11)5-8-14-9-6-12/h1-2,5,10-11H,3-4,6-7H2;1-4,7H,5-6,8-9H2. The van der Waals surface area contributed by atoms with Crippen LogP contribution < -0.4 is 9.47 Å². The highest BCUT2D eigenvalue weighted by Gasteiger charge is 2.62. The van der Waals surface area contributed by atoms with Crippen LogP contribution in [0.5, 0.6) is 11.5 Å². The fraction of sp³-hybridized carbons (Fsp3) is 0.500. The van der Waals surface area contributed by atoms with Crippen LogP contribution in [-0.4, -0.2) is 53.7 Å². The van der Waals surface area contributed by atoms with Crippen LogP contribution in [0.15, 0.2) is 42.7 Å². The van der Waals surface area contributed by atoms with E-state index in [-0.39, 0.29) is 23.4 Å². The van der Waals surface area contributed by atoms with Crippen LogP contribution in [-0.2, 0) is 14.2 Å². The lowest BCUT2D eigenvalue weighted by atomic mass is 9.86. The molecule has 5 aliphatic heterocycles. The molecule has 0 aromatic carbocycles. The lowest BCUT2D eigenvalue weighted by Gasteiger charge is -2.38. The largest absolute Gasteiger partial charge is 0.482 e. The molecule has 3 saturated heterocycles. The average Bonchev–Trinajstić information content (AvgIpc) is 3.63. The second kappa shape index (κ2) is 7.58. The van der Waals surface area contributed by atoms with E-state index in [1.807, 2.05) is 24.3 Å². The molecule has 2 spiro atoms. The van der Waals surface area contributed by atoms with Crippen LogP contribution in [0.4, 0.5) is 0 Å². The zero-order valence-electron chi connectivity index (χ0n) is 17.4. The lowest BCUT2D eigenvalue weighted by molar-refractivity contribution is -0.0629. The third-order valence-electron chi connectivity index (χ3n) is 6.73. The monoisotopic (exact) mass is 422 g/mol. The number of hydrogen-bond acceptors (Lipinski definition) is 7. The van der Waals surface area contributed by atoms with Crippen LogP contribution in [0.3, 0.4) is 0 Å². The van der Waals surface area contributed by atoms with Gasteiger partial charge in [0.1, 0.15) is 46.3 Å². The van der Waals surface area contributed by atoms with Gasteiger partial charge in [0.05, 0.1) is 26.4 Å². The number of aromatic nitrogens is 2. The fourth-order valence-corrected chi connectivity index (χ4v) is 4.89. The van der Waals surface area contributed by atoms with Crippen molar-refractivity contribution in [3.8, 4) is 11.5 Å². The highest BCUT2D eigenvalue weighted by molar-refractivity contribution is 5.57. The first kappa shape index (κ1) is 19.2. The van der Waals surface area contributed by atoms with E-state index in [2.05, 4.69) is 22.1 Å². The predicted molar refractivity (Wildman–Crippen MR) is 112 cm³/mol. The molecule has 0 aliphatic carbocycles. The van der Waals surface area contributed by atoms with Gasteiger partial charge in [-0.2, -0.15) is 0 Å². The topological polar surface area (TPSA) is 75.2 Å². The summed E-state index contributed by atoms with van der Waals surface area (Å²) in [5.74, 6) is 1.78. The number of rotatable bonds is 0. The molecule has 2 aromatic rings. The third-order valence-corrected chi connectivity index (χ3v) is 6.73. The van der Waals surface area contributed by atoms with E-state index in [4.69, 9.17) is 23.7 Å². The summed E-state index contributed by atoms with van der Waals surface area (Å²) in [4.78, 5) is 8.59. The molecule has 2 atom stereocenters. The minimum atomic E-state index is -0.154. The lowest BCUT2D eigenvalue weighted by Crippen LogP contribution is -2.48. The Bertz CT molecular complexity index is 981. The molecule has 0 saturated carbocycles. The molecular formula is C24H26N2O5. The first-order valence-corrected chi connectivity index (χ1v) is 11.1. The first-order valence-electron chi connectivity index (χ1n) is 11.1. The number of pyridine rings is 2. The van der Waals surface area contributed by atoms with Gasteiger partial charge < -0.3 is 23.7 Å². The molecule has 0 bridgehead atoms. The Labute approximate surface area is 181 Å². The highest BCUT2D eigenvalue weighted by Crippen LogP contribution is 2.55. The van der Waals surface area contributed by atoms with Crippen molar-refractivity contribution in [2.24, 2.45) is 0 Å². The van der Waals surface area contributed by atoms with Crippen molar-refractivity contribution in [1.82, 2.24) is 9.97 Å². The molecule has 2 unspecified atom stereocenters. The van der Waals surface area contributed by atoms with Crippen molar-refractivity contribution in [2.45, 2.75) is 49.1 Å². The maximum atomic E-state index is 6.15. The summed E-state index contributed by atoms with van der Waals surface area (Å²) >= 11 is 0. The summed E-state index contributed by atoms with van der Waals surface area (Å²) in [5, 5.41) is 0. The normalized spacial score (nSPS) is 28.1. The van der Waals surface area contributed by atoms with Crippen molar-refractivity contribution in [2.75, 3.05) is 26.4 Å². The molecule has 2 aromatic heterocycles. The molecule has 7 rings (SSSR count). The molecule has 7 heterocycles. The smallest absolute Gasteiger partial charge is 0.146 e. The number of fused-ring (bicyclic) bond motifs is 5. The number of nitrogens with zero attached hydrogens (tertiary/aromatic N) is 2. The second-order valence-corrected chi connectivity index (χ2v) is 8.64. The highest BCUT2D eigenvalue weighted by atomic mass is 16.6. The van der Waals surface area contributed by atoms with Gasteiger partial charge in [-0.25, -0.2) is 0 Å². The van der Waals surface area contributed by atoms with E-state index in [1.165, 1.54) is 0 Å². The molecule has 7 nitrogen and oxygen atoms in total. The van der Waals surface area contributed by atoms with Gasteiger partial charge in [0, 0.05) is 38.1 Å². The third kappa shape index (κ3) is 3.50. The molecule has 162 valence electrons. The van der Waals surface area contributed by atoms with Gasteiger partial charge in [-0.3, -0.25) is 9.97 Å². The van der Waals surface area contributed by atoms with Crippen molar-refractivity contribution in [1.29, 1.82) is 0 Å². The molecule has 7 heteroatoms. The molecule has 0 N–H and O–H groups in total. The zero-order chi connectivity index (χ0) is 20.7. The van der Waals surface area contributed by atoms with Crippen LogP contribution in [0.2, 0.25) is 0 Å². The summed E-state index contributed by atoms with van der Waals surface area (Å²) in [6, 6.07) is 7.78. The van der Waals surface area contributed by atoms with Crippen molar-refractivity contribution in [3.05, 3.63) is 54.1 Å². The van der Waals surface area contributed by atoms with Gasteiger partial charge in [-0.15, -0.1) is 0 Å². The maximum absolute atomic E-state index is 6.15. The minimum absolute atomic E-state index is 0.145. The van der Waals surface area contributed by atoms with Crippen LogP contribution in [0, 0.1) is 0 Å². The van der Waals surface area contributed by atoms with Crippen molar-refractivity contribution >= 4 is 6.08 Å². The maximum Gasteiger partial charge on any atom is 0.146 e. The SMILES string of the molecule is C1=CC2(CCOCC2)Oc2cccnc21.c1cnc2c(c1)OC1(CCOCC1)C1OC21. The van der Waals surface area contributed by atoms with Gasteiger partial charge >= 0.3 is 0 Å². The molecule has 31 heavy (non-hydrogen) atoms. The Morgan fingerprint density at radius 3 is 2.32 bits per heavy atom. The number of hydrogen-bond donors (Lipinski definition) is 0. The number of ether oxygens (including phenoxy) is 5. The van der Waals surface area contributed by atoms with Crippen LogP contribution >= 0.6 is 0 Å². The summed E-state index contributed by atoms with van der Waals surface area (Å²) in [6.45, 7) is 3.09. The molecule has 5 aliphatic rings. The first-order chi connectivity index (χ1) is 15.3. The summed E-state index contributed by atoms with van der Waals surface area (Å²) in [7, 11) is 0. The summed E-state index contributed by atoms with van der Waals surface area (Å²) in [6.07, 6.45) is 11.8. The van der Waals surface area contributed by atoms with Crippen LogP contribution in [0.25, 0.3) is 6.08 Å². The van der Waals surface area contributed by atoms with Crippen LogP contribution in [0.1, 0.15) is 43.2 Å². The van der Waals surface area contributed by atoms with E-state index in [9.17, 15) is 0 Å². The Morgan fingerprint density at radius 1 is 0.806 bits per heavy atom. The molecular weight excluding hydrogens is 396 g/mol. The molecule has 0 radical (unpaired) electrons. The number of epoxide rings is 1. The van der Waals surface area contributed by atoms with E-state index >= 15 is 0 Å². The van der Waals surface area contributed by atoms with Gasteiger partial charge in [-0.05, 0) is 36.4 Å². The fourth-order valence-electron chi connectivity index (χ4n) is 4.89. The minimum Gasteiger partial charge on any atom is -0.482 e. The van der Waals surface area contributed by atoms with E-state index in [1.54, 1.807) is 12.4 Å². The average molecular weight is 422 g/mol. The van der Waals surface area contributed by atoms with Crippen molar-refractivity contribution < 1.29 is 23.7 Å².